The smallest absolute Gasteiger partial charge is 0.359 e. The molecule has 0 aliphatic carbocycles. The van der Waals surface area contributed by atoms with Crippen LogP contribution >= 0.6 is 11.8 Å². The van der Waals surface area contributed by atoms with Crippen molar-refractivity contribution in [3.8, 4) is 0 Å². The van der Waals surface area contributed by atoms with E-state index in [4.69, 9.17) is 14.2 Å². The van der Waals surface area contributed by atoms with Crippen molar-refractivity contribution in [3.05, 3.63) is 72.2 Å². The van der Waals surface area contributed by atoms with Crippen molar-refractivity contribution in [3.63, 3.8) is 0 Å². The molecule has 1 aliphatic heterocycles. The van der Waals surface area contributed by atoms with E-state index in [1.165, 1.54) is 24.3 Å². The van der Waals surface area contributed by atoms with Crippen LogP contribution in [-0.2, 0) is 23.8 Å². The van der Waals surface area contributed by atoms with Gasteiger partial charge in [-0.05, 0) is 32.1 Å². The largest absolute Gasteiger partial charge is 0.501 e. The first-order chi connectivity index (χ1) is 15.8. The number of aliphatic imine (C=N–C) groups is 1. The van der Waals surface area contributed by atoms with Gasteiger partial charge in [0.2, 0.25) is 0 Å². The highest BCUT2D eigenvalue weighted by molar-refractivity contribution is 8.18. The summed E-state index contributed by atoms with van der Waals surface area (Å²) in [4.78, 5) is 29.6. The fourth-order valence-corrected chi connectivity index (χ4v) is 3.05. The highest BCUT2D eigenvalue weighted by atomic mass is 32.2. The molecule has 0 saturated carbocycles. The van der Waals surface area contributed by atoms with Crippen molar-refractivity contribution in [1.82, 2.24) is 10.3 Å². The van der Waals surface area contributed by atoms with Gasteiger partial charge in [0, 0.05) is 11.3 Å². The number of thioether (sulfide) groups is 1. The van der Waals surface area contributed by atoms with Crippen LogP contribution in [0.3, 0.4) is 0 Å². The molecular formula is C23H30N4O5S. The van der Waals surface area contributed by atoms with Crippen LogP contribution in [0.1, 0.15) is 20.3 Å². The molecule has 1 heterocycles. The number of nitrogens with zero attached hydrogens (tertiary/aromatic N) is 3. The average Bonchev–Trinajstić information content (AvgIpc) is 2.78. The van der Waals surface area contributed by atoms with E-state index in [0.29, 0.717) is 12.1 Å². The molecule has 0 aromatic rings. The van der Waals surface area contributed by atoms with Crippen LogP contribution in [-0.4, -0.2) is 55.3 Å². The Morgan fingerprint density at radius 1 is 1.30 bits per heavy atom. The number of hydrazone groups is 1. The summed E-state index contributed by atoms with van der Waals surface area (Å²) in [5, 5.41) is 8.62. The van der Waals surface area contributed by atoms with E-state index in [0.717, 1.165) is 17.5 Å². The van der Waals surface area contributed by atoms with Crippen LogP contribution in [0.2, 0.25) is 0 Å². The first-order valence-electron chi connectivity index (χ1n) is 9.98. The van der Waals surface area contributed by atoms with Crippen molar-refractivity contribution in [2.75, 3.05) is 27.5 Å². The van der Waals surface area contributed by atoms with Gasteiger partial charge >= 0.3 is 5.97 Å². The monoisotopic (exact) mass is 474 g/mol. The van der Waals surface area contributed by atoms with Crippen LogP contribution in [0.15, 0.2) is 82.3 Å². The van der Waals surface area contributed by atoms with Crippen molar-refractivity contribution >= 4 is 34.5 Å². The SMILES string of the molecule is C=C/C=C(\OC)C(=O)N/C1=N/CN(C(=C)/C=C\C/C(=C\C)OC)/N=C(/C(=O)OCC)C(=C)S1. The Kier molecular flexibility index (Phi) is 12.1. The molecule has 0 unspecified atom stereocenters. The molecule has 1 amide bonds. The minimum atomic E-state index is -0.649. The Morgan fingerprint density at radius 2 is 2.03 bits per heavy atom. The minimum Gasteiger partial charge on any atom is -0.501 e. The summed E-state index contributed by atoms with van der Waals surface area (Å²) in [5.41, 5.74) is 0.444. The Labute approximate surface area is 198 Å². The lowest BCUT2D eigenvalue weighted by Crippen LogP contribution is -2.34. The van der Waals surface area contributed by atoms with Gasteiger partial charge in [-0.25, -0.2) is 14.8 Å². The van der Waals surface area contributed by atoms with Crippen LogP contribution in [0.4, 0.5) is 0 Å². The standard InChI is InChI=1S/C23H30N4O5S/c1-8-12-19(31-7)21(28)25-23-24-15-27(16(4)13-11-14-18(9-2)30-6)26-20(17(5)33-23)22(29)32-10-3/h8-9,11-13H,1,4-5,10,14-15H2,2-3,6-7H3,(H,24,25,28)/b13-11-,18-9+,19-12-,26-20+. The Balaban J connectivity index is 3.22. The van der Waals surface area contributed by atoms with Gasteiger partial charge in [-0.15, -0.1) is 0 Å². The summed E-state index contributed by atoms with van der Waals surface area (Å²) in [7, 11) is 2.96. The molecule has 1 N–H and O–H groups in total. The maximum absolute atomic E-state index is 12.5. The normalized spacial score (nSPS) is 18.3. The highest BCUT2D eigenvalue weighted by Crippen LogP contribution is 2.22. The third-order valence-corrected chi connectivity index (χ3v) is 4.86. The number of hydrogen-bond donors (Lipinski definition) is 1. The van der Waals surface area contributed by atoms with Gasteiger partial charge < -0.3 is 14.2 Å². The lowest BCUT2D eigenvalue weighted by atomic mass is 10.3. The number of allylic oxidation sites excluding steroid dienone is 5. The zero-order chi connectivity index (χ0) is 24.8. The lowest BCUT2D eigenvalue weighted by Gasteiger charge is -2.22. The lowest BCUT2D eigenvalue weighted by molar-refractivity contribution is -0.135. The molecule has 10 heteroatoms. The number of amides is 1. The zero-order valence-corrected chi connectivity index (χ0v) is 20.2. The van der Waals surface area contributed by atoms with Crippen LogP contribution < -0.4 is 5.32 Å². The van der Waals surface area contributed by atoms with Crippen LogP contribution in [0, 0.1) is 0 Å². The summed E-state index contributed by atoms with van der Waals surface area (Å²) in [5.74, 6) is -0.349. The van der Waals surface area contributed by atoms with Crippen LogP contribution in [0.5, 0.6) is 0 Å². The van der Waals surface area contributed by atoms with Crippen molar-refractivity contribution in [2.24, 2.45) is 10.1 Å². The highest BCUT2D eigenvalue weighted by Gasteiger charge is 2.24. The first-order valence-corrected chi connectivity index (χ1v) is 10.8. The summed E-state index contributed by atoms with van der Waals surface area (Å²) < 4.78 is 15.4. The fraction of sp³-hybridized carbons (Fsp3) is 0.304. The molecule has 0 spiro atoms. The van der Waals surface area contributed by atoms with Crippen LogP contribution in [0.25, 0.3) is 0 Å². The van der Waals surface area contributed by atoms with E-state index < -0.39 is 11.9 Å². The molecule has 1 aliphatic rings. The van der Waals surface area contributed by atoms with Gasteiger partial charge in [0.1, 0.15) is 6.67 Å². The number of rotatable bonds is 10. The Bertz CT molecular complexity index is 931. The first kappa shape index (κ1) is 27.5. The zero-order valence-electron chi connectivity index (χ0n) is 19.4. The fourth-order valence-electron chi connectivity index (χ4n) is 2.33. The molecule has 9 nitrogen and oxygen atoms in total. The summed E-state index contributed by atoms with van der Waals surface area (Å²) in [6.45, 7) is 15.2. The maximum atomic E-state index is 12.5. The summed E-state index contributed by atoms with van der Waals surface area (Å²) in [6, 6.07) is 0. The maximum Gasteiger partial charge on any atom is 0.359 e. The predicted molar refractivity (Wildman–Crippen MR) is 132 cm³/mol. The van der Waals surface area contributed by atoms with Gasteiger partial charge in [-0.2, -0.15) is 5.10 Å². The molecule has 33 heavy (non-hydrogen) atoms. The summed E-state index contributed by atoms with van der Waals surface area (Å²) >= 11 is 0.984. The molecule has 178 valence electrons. The van der Waals surface area contributed by atoms with E-state index >= 15 is 0 Å². The van der Waals surface area contributed by atoms with E-state index in [1.807, 2.05) is 19.1 Å². The molecule has 0 saturated heterocycles. The third-order valence-electron chi connectivity index (χ3n) is 4.00. The second kappa shape index (κ2) is 14.5. The van der Waals surface area contributed by atoms with Crippen molar-refractivity contribution < 1.29 is 23.8 Å². The number of hydrogen-bond acceptors (Lipinski definition) is 9. The molecule has 1 rings (SSSR count). The van der Waals surface area contributed by atoms with Gasteiger partial charge in [0.05, 0.1) is 32.3 Å². The predicted octanol–water partition coefficient (Wildman–Crippen LogP) is 3.62. The Hall–Kier alpha value is -3.53. The number of ether oxygens (including phenoxy) is 3. The van der Waals surface area contributed by atoms with Gasteiger partial charge in [-0.3, -0.25) is 10.1 Å². The Morgan fingerprint density at radius 3 is 2.61 bits per heavy atom. The molecular weight excluding hydrogens is 444 g/mol. The van der Waals surface area contributed by atoms with E-state index in [-0.39, 0.29) is 34.8 Å². The quantitative estimate of drug-likeness (QED) is 0.223. The summed E-state index contributed by atoms with van der Waals surface area (Å²) in [6.07, 6.45) is 8.83. The molecule has 0 radical (unpaired) electrons. The number of nitrogens with one attached hydrogen (secondary N) is 1. The minimum absolute atomic E-state index is 0.0160. The average molecular weight is 475 g/mol. The van der Waals surface area contributed by atoms with Gasteiger partial charge in [-0.1, -0.05) is 43.7 Å². The number of esters is 1. The molecule has 0 atom stereocenters. The van der Waals surface area contributed by atoms with Gasteiger partial charge in [0.15, 0.2) is 16.6 Å². The second-order valence-electron chi connectivity index (χ2n) is 6.18. The number of methoxy groups -OCH3 is 2. The van der Waals surface area contributed by atoms with Crippen molar-refractivity contribution in [2.45, 2.75) is 20.3 Å². The molecule has 0 aromatic carbocycles. The topological polar surface area (TPSA) is 102 Å². The van der Waals surface area contributed by atoms with E-state index in [9.17, 15) is 9.59 Å². The third kappa shape index (κ3) is 8.85. The molecule has 0 aromatic heterocycles. The number of carbonyl (C=O) groups is 2. The van der Waals surface area contributed by atoms with E-state index in [2.05, 4.69) is 35.1 Å². The van der Waals surface area contributed by atoms with Gasteiger partial charge in [0.25, 0.3) is 5.91 Å². The van der Waals surface area contributed by atoms with Crippen molar-refractivity contribution in [1.29, 1.82) is 0 Å². The molecule has 0 bridgehead atoms. The number of amidine groups is 1. The van der Waals surface area contributed by atoms with E-state index in [1.54, 1.807) is 20.1 Å². The molecule has 0 fully saturated rings. The number of carbonyl (C=O) groups excluding carboxylic acids is 2. The second-order valence-corrected chi connectivity index (χ2v) is 7.26.